The number of carbonyl (C=O) groups excluding carboxylic acids is 2. The Morgan fingerprint density at radius 2 is 1.28 bits per heavy atom. The van der Waals surface area contributed by atoms with E-state index in [0.29, 0.717) is 10.6 Å². The summed E-state index contributed by atoms with van der Waals surface area (Å²) in [6, 6.07) is 16.3. The van der Waals surface area contributed by atoms with Gasteiger partial charge in [-0.05, 0) is 0 Å². The van der Waals surface area contributed by atoms with E-state index in [1.807, 2.05) is 0 Å². The summed E-state index contributed by atoms with van der Waals surface area (Å²) in [5.41, 5.74) is 2.92. The van der Waals surface area contributed by atoms with Crippen LogP contribution < -0.4 is 21.5 Å². The Morgan fingerprint density at radius 1 is 0.840 bits per heavy atom. The number of benzene rings is 2. The number of carbonyl (C=O) groups is 2. The minimum atomic E-state index is -5.13. The van der Waals surface area contributed by atoms with Crippen molar-refractivity contribution in [1.29, 1.82) is 0 Å². The molecule has 0 atom stereocenters. The van der Waals surface area contributed by atoms with Crippen molar-refractivity contribution < 1.29 is 27.3 Å². The van der Waals surface area contributed by atoms with Crippen molar-refractivity contribution in [2.24, 2.45) is 0 Å². The number of amides is 2. The van der Waals surface area contributed by atoms with Crippen LogP contribution in [0.5, 0.6) is 0 Å². The smallest absolute Gasteiger partial charge is 0.313 e. The predicted octanol–water partition coefficient (Wildman–Crippen LogP) is 1.71. The third-order valence-electron chi connectivity index (χ3n) is 3.29. The average Bonchev–Trinajstić information content (AvgIpc) is 2.60. The van der Waals surface area contributed by atoms with Crippen LogP contribution in [0.3, 0.4) is 0 Å². The molecule has 2 aromatic rings. The summed E-state index contributed by atoms with van der Waals surface area (Å²) in [4.78, 5) is 22.7. The number of alkyl halides is 3. The van der Waals surface area contributed by atoms with Crippen LogP contribution in [0.4, 0.5) is 13.2 Å². The molecule has 132 valence electrons. The number of rotatable bonds is 4. The summed E-state index contributed by atoms with van der Waals surface area (Å²) in [5.74, 6) is -3.30. The van der Waals surface area contributed by atoms with Gasteiger partial charge in [-0.15, -0.1) is 0 Å². The van der Waals surface area contributed by atoms with Crippen molar-refractivity contribution in [3.05, 3.63) is 60.7 Å². The standard InChI is InChI=1S/C16H14F3N2O3P/c17-16(18,19)15(23)21-20-14(22)11-25(24,12-7-3-1-4-8-12)13-9-5-2-6-10-13/h1-10H,11H2,(H,20,22)(H,21,23). The second-order valence-corrected chi connectivity index (χ2v) is 7.90. The third kappa shape index (κ3) is 4.70. The van der Waals surface area contributed by atoms with Crippen LogP contribution in [0.1, 0.15) is 0 Å². The fourth-order valence-electron chi connectivity index (χ4n) is 2.11. The zero-order chi connectivity index (χ0) is 18.5. The summed E-state index contributed by atoms with van der Waals surface area (Å²) >= 11 is 0. The maximum Gasteiger partial charge on any atom is 0.472 e. The molecule has 0 aliphatic heterocycles. The van der Waals surface area contributed by atoms with E-state index < -0.39 is 31.3 Å². The number of nitrogens with one attached hydrogen (secondary N) is 2. The maximum absolute atomic E-state index is 13.5. The lowest BCUT2D eigenvalue weighted by molar-refractivity contribution is -0.175. The van der Waals surface area contributed by atoms with Crippen LogP contribution in [0.15, 0.2) is 60.7 Å². The lowest BCUT2D eigenvalue weighted by atomic mass is 10.4. The Labute approximate surface area is 141 Å². The number of halogens is 3. The van der Waals surface area contributed by atoms with Gasteiger partial charge in [-0.1, -0.05) is 60.7 Å². The Morgan fingerprint density at radius 3 is 1.68 bits per heavy atom. The number of hydrogen-bond acceptors (Lipinski definition) is 3. The fourth-order valence-corrected chi connectivity index (χ4v) is 4.56. The lowest BCUT2D eigenvalue weighted by Crippen LogP contribution is -2.49. The second kappa shape index (κ2) is 7.53. The van der Waals surface area contributed by atoms with E-state index in [-0.39, 0.29) is 0 Å². The van der Waals surface area contributed by atoms with Crippen molar-refractivity contribution in [3.63, 3.8) is 0 Å². The molecular weight excluding hydrogens is 356 g/mol. The summed E-state index contributed by atoms with van der Waals surface area (Å²) < 4.78 is 49.9. The van der Waals surface area contributed by atoms with Crippen LogP contribution in [-0.2, 0) is 14.2 Å². The molecule has 0 radical (unpaired) electrons. The average molecular weight is 370 g/mol. The van der Waals surface area contributed by atoms with Gasteiger partial charge in [0.25, 0.3) is 0 Å². The molecule has 0 aliphatic carbocycles. The molecule has 0 fully saturated rings. The summed E-state index contributed by atoms with van der Waals surface area (Å²) in [7, 11) is -3.43. The molecule has 2 N–H and O–H groups in total. The van der Waals surface area contributed by atoms with Gasteiger partial charge >= 0.3 is 12.1 Å². The van der Waals surface area contributed by atoms with Crippen LogP contribution in [0, 0.1) is 0 Å². The molecule has 0 spiro atoms. The van der Waals surface area contributed by atoms with Gasteiger partial charge in [-0.2, -0.15) is 13.2 Å². The quantitative estimate of drug-likeness (QED) is 0.636. The van der Waals surface area contributed by atoms with E-state index in [4.69, 9.17) is 0 Å². The van der Waals surface area contributed by atoms with Crippen LogP contribution >= 0.6 is 7.14 Å². The normalized spacial score (nSPS) is 11.6. The van der Waals surface area contributed by atoms with Crippen molar-refractivity contribution in [3.8, 4) is 0 Å². The Balaban J connectivity index is 2.22. The third-order valence-corrected chi connectivity index (χ3v) is 6.28. The van der Waals surface area contributed by atoms with E-state index in [1.54, 1.807) is 66.1 Å². The number of hydrazine groups is 1. The Hall–Kier alpha value is -2.60. The minimum Gasteiger partial charge on any atom is -0.313 e. The highest BCUT2D eigenvalue weighted by molar-refractivity contribution is 7.79. The largest absolute Gasteiger partial charge is 0.472 e. The SMILES string of the molecule is O=C(CP(=O)(c1ccccc1)c1ccccc1)NNC(=O)C(F)(F)F. The maximum atomic E-state index is 13.5. The molecule has 0 bridgehead atoms. The van der Waals surface area contributed by atoms with Gasteiger partial charge in [0.15, 0.2) is 7.14 Å². The molecule has 9 heteroatoms. The molecule has 0 aliphatic rings. The van der Waals surface area contributed by atoms with Gasteiger partial charge in [0.1, 0.15) is 0 Å². The van der Waals surface area contributed by atoms with E-state index >= 15 is 0 Å². The van der Waals surface area contributed by atoms with Gasteiger partial charge in [0.05, 0.1) is 6.16 Å². The highest BCUT2D eigenvalue weighted by Crippen LogP contribution is 2.42. The van der Waals surface area contributed by atoms with Gasteiger partial charge in [-0.3, -0.25) is 20.4 Å². The first-order chi connectivity index (χ1) is 11.7. The zero-order valence-corrected chi connectivity index (χ0v) is 13.7. The van der Waals surface area contributed by atoms with E-state index in [1.165, 1.54) is 5.43 Å². The van der Waals surface area contributed by atoms with E-state index in [0.717, 1.165) is 0 Å². The summed E-state index contributed by atoms with van der Waals surface area (Å²) in [6.45, 7) is 0. The number of hydrogen-bond donors (Lipinski definition) is 2. The van der Waals surface area contributed by atoms with E-state index in [2.05, 4.69) is 0 Å². The van der Waals surface area contributed by atoms with Crippen molar-refractivity contribution in [2.75, 3.05) is 6.16 Å². The van der Waals surface area contributed by atoms with Crippen molar-refractivity contribution >= 4 is 29.6 Å². The second-order valence-electron chi connectivity index (χ2n) is 5.07. The Bertz CT molecular complexity index is 752. The summed E-state index contributed by atoms with van der Waals surface area (Å²) in [5, 5.41) is 0.775. The molecule has 2 aromatic carbocycles. The van der Waals surface area contributed by atoms with Gasteiger partial charge in [0.2, 0.25) is 5.91 Å². The minimum absolute atomic E-state index is 0.387. The molecule has 0 saturated carbocycles. The van der Waals surface area contributed by atoms with Crippen LogP contribution in [0.25, 0.3) is 0 Å². The first-order valence-electron chi connectivity index (χ1n) is 7.10. The van der Waals surface area contributed by atoms with E-state index in [9.17, 15) is 27.3 Å². The van der Waals surface area contributed by atoms with Crippen LogP contribution in [0.2, 0.25) is 0 Å². The highest BCUT2D eigenvalue weighted by Gasteiger charge is 2.39. The molecule has 25 heavy (non-hydrogen) atoms. The molecule has 2 amide bonds. The van der Waals surface area contributed by atoms with Gasteiger partial charge in [0, 0.05) is 10.6 Å². The van der Waals surface area contributed by atoms with Crippen molar-refractivity contribution in [1.82, 2.24) is 10.9 Å². The molecule has 0 heterocycles. The molecule has 0 unspecified atom stereocenters. The fraction of sp³-hybridized carbons (Fsp3) is 0.125. The molecule has 2 rings (SSSR count). The molecular formula is C16H14F3N2O3P. The lowest BCUT2D eigenvalue weighted by Gasteiger charge is -2.19. The van der Waals surface area contributed by atoms with Gasteiger partial charge < -0.3 is 4.57 Å². The van der Waals surface area contributed by atoms with Crippen molar-refractivity contribution in [2.45, 2.75) is 6.18 Å². The highest BCUT2D eigenvalue weighted by atomic mass is 31.2. The first-order valence-corrected chi connectivity index (χ1v) is 8.99. The molecule has 0 aromatic heterocycles. The molecule has 0 saturated heterocycles. The predicted molar refractivity (Wildman–Crippen MR) is 87.0 cm³/mol. The monoisotopic (exact) mass is 370 g/mol. The summed E-state index contributed by atoms with van der Waals surface area (Å²) in [6.07, 6.45) is -5.71. The van der Waals surface area contributed by atoms with Gasteiger partial charge in [-0.25, -0.2) is 0 Å². The molecule has 5 nitrogen and oxygen atoms in total. The Kier molecular flexibility index (Phi) is 5.64. The topological polar surface area (TPSA) is 75.3 Å². The first kappa shape index (κ1) is 18.7. The zero-order valence-electron chi connectivity index (χ0n) is 12.8. The van der Waals surface area contributed by atoms with Crippen LogP contribution in [-0.4, -0.2) is 24.2 Å².